The Morgan fingerprint density at radius 2 is 1.41 bits per heavy atom. The minimum atomic E-state index is -0.0995. The van der Waals surface area contributed by atoms with Gasteiger partial charge in [0.15, 0.2) is 0 Å². The lowest BCUT2D eigenvalue weighted by Gasteiger charge is -2.03. The van der Waals surface area contributed by atoms with Gasteiger partial charge in [-0.1, -0.05) is 54.0 Å². The van der Waals surface area contributed by atoms with Gasteiger partial charge in [0.2, 0.25) is 0 Å². The molecular weight excluding hydrogens is 218 g/mol. The lowest BCUT2D eigenvalue weighted by atomic mass is 10.0. The number of rotatable bonds is 2. The smallest absolute Gasteiger partial charge is 0.122 e. The minimum Gasteiger partial charge on any atom is -0.255 e. The normalized spacial score (nSPS) is 10.4. The van der Waals surface area contributed by atoms with Gasteiger partial charge in [-0.05, 0) is 31.4 Å². The van der Waals surface area contributed by atoms with E-state index >= 15 is 0 Å². The van der Waals surface area contributed by atoms with Crippen LogP contribution in [0.4, 0.5) is 8.78 Å². The van der Waals surface area contributed by atoms with E-state index in [1.807, 2.05) is 41.5 Å². The fourth-order valence-electron chi connectivity index (χ4n) is 0.554. The van der Waals surface area contributed by atoms with Gasteiger partial charge in [0.1, 0.15) is 5.83 Å². The molecule has 0 radical (unpaired) electrons. The second-order valence-corrected chi connectivity index (χ2v) is 3.39. The van der Waals surface area contributed by atoms with Crippen molar-refractivity contribution in [3.05, 3.63) is 23.6 Å². The molecule has 0 atom stereocenters. The van der Waals surface area contributed by atoms with Gasteiger partial charge in [-0.2, -0.15) is 0 Å². The number of allylic oxidation sites excluding steroid dienone is 4. The molecule has 0 aromatic heterocycles. The van der Waals surface area contributed by atoms with Gasteiger partial charge in [-0.25, -0.2) is 4.39 Å². The molecule has 106 valence electrons. The van der Waals surface area contributed by atoms with E-state index in [-0.39, 0.29) is 5.83 Å². The maximum absolute atomic E-state index is 12.8. The summed E-state index contributed by atoms with van der Waals surface area (Å²) in [6.45, 7) is 15.9. The lowest BCUT2D eigenvalue weighted by Crippen LogP contribution is -1.90. The molecule has 0 heterocycles. The summed E-state index contributed by atoms with van der Waals surface area (Å²) in [4.78, 5) is 0. The third-order valence-corrected chi connectivity index (χ3v) is 1.56. The van der Waals surface area contributed by atoms with Crippen molar-refractivity contribution in [3.63, 3.8) is 0 Å². The van der Waals surface area contributed by atoms with Gasteiger partial charge in [-0.15, -0.1) is 0 Å². The number of halogens is 2. The summed E-state index contributed by atoms with van der Waals surface area (Å²) >= 11 is 0. The van der Waals surface area contributed by atoms with Crippen LogP contribution in [0.5, 0.6) is 0 Å². The van der Waals surface area contributed by atoms with Crippen molar-refractivity contribution in [2.24, 2.45) is 5.92 Å². The van der Waals surface area contributed by atoms with E-state index in [1.165, 1.54) is 12.5 Å². The molecule has 0 aliphatic rings. The van der Waals surface area contributed by atoms with E-state index in [9.17, 15) is 8.78 Å². The van der Waals surface area contributed by atoms with Crippen LogP contribution in [0.1, 0.15) is 61.8 Å². The highest BCUT2D eigenvalue weighted by atomic mass is 19.1. The summed E-state index contributed by atoms with van der Waals surface area (Å²) in [5, 5.41) is 0. The van der Waals surface area contributed by atoms with Crippen LogP contribution in [0.15, 0.2) is 23.6 Å². The van der Waals surface area contributed by atoms with Gasteiger partial charge in [0.25, 0.3) is 0 Å². The molecule has 0 aromatic rings. The molecule has 0 amide bonds. The van der Waals surface area contributed by atoms with Crippen molar-refractivity contribution < 1.29 is 8.78 Å². The average Bonchev–Trinajstić information content (AvgIpc) is 2.34. The summed E-state index contributed by atoms with van der Waals surface area (Å²) in [7, 11) is 0.500. The molecule has 0 N–H and O–H groups in total. The molecule has 0 aliphatic carbocycles. The van der Waals surface area contributed by atoms with Crippen molar-refractivity contribution in [2.75, 3.05) is 7.18 Å². The number of hydrogen-bond donors (Lipinski definition) is 0. The zero-order chi connectivity index (χ0) is 14.9. The fourth-order valence-corrected chi connectivity index (χ4v) is 0.554. The van der Waals surface area contributed by atoms with Crippen LogP contribution >= 0.6 is 0 Å². The first kappa shape index (κ1) is 25.3. The van der Waals surface area contributed by atoms with Gasteiger partial charge < -0.3 is 0 Å². The van der Waals surface area contributed by atoms with Crippen LogP contribution in [0.25, 0.3) is 0 Å². The molecule has 0 unspecified atom stereocenters. The SMILES string of the molecule is C/C=C\C(F)=C(\C)C(C)C.CC.CCC.CF. The van der Waals surface area contributed by atoms with E-state index in [1.54, 1.807) is 6.08 Å². The molecule has 0 aromatic carbocycles. The molecule has 0 nitrogen and oxygen atoms in total. The fraction of sp³-hybridized carbons (Fsp3) is 0.733. The van der Waals surface area contributed by atoms with Gasteiger partial charge in [-0.3, -0.25) is 4.39 Å². The monoisotopic (exact) mass is 250 g/mol. The Morgan fingerprint density at radius 1 is 1.12 bits per heavy atom. The third-order valence-electron chi connectivity index (χ3n) is 1.56. The maximum Gasteiger partial charge on any atom is 0.122 e. The standard InChI is InChI=1S/C9H15F.C3H8.C2H6.CH3F/c1-5-6-9(10)8(4)7(2)3;1-3-2;2*1-2/h5-7H,1-4H3;3H2,1-2H3;1-2H3;1H3/b6-5-,9-8+;;;. The largest absolute Gasteiger partial charge is 0.255 e. The van der Waals surface area contributed by atoms with Crippen molar-refractivity contribution in [3.8, 4) is 0 Å². The Labute approximate surface area is 108 Å². The van der Waals surface area contributed by atoms with Crippen LogP contribution < -0.4 is 0 Å². The Hall–Kier alpha value is -0.660. The molecule has 0 saturated carbocycles. The molecule has 0 saturated heterocycles. The average molecular weight is 250 g/mol. The first-order chi connectivity index (χ1) is 8.01. The summed E-state index contributed by atoms with van der Waals surface area (Å²) in [6.07, 6.45) is 4.45. The molecule has 17 heavy (non-hydrogen) atoms. The number of hydrogen-bond acceptors (Lipinski definition) is 0. The summed E-state index contributed by atoms with van der Waals surface area (Å²) in [5.74, 6) is 0.203. The molecule has 2 heteroatoms. The minimum absolute atomic E-state index is 0.0995. The Kier molecular flexibility index (Phi) is 36.4. The highest BCUT2D eigenvalue weighted by Gasteiger charge is 2.00. The van der Waals surface area contributed by atoms with Crippen molar-refractivity contribution in [1.29, 1.82) is 0 Å². The molecule has 0 spiro atoms. The molecule has 0 fully saturated rings. The molecule has 0 rings (SSSR count). The quantitative estimate of drug-likeness (QED) is 0.491. The first-order valence-electron chi connectivity index (χ1n) is 6.37. The highest BCUT2D eigenvalue weighted by molar-refractivity contribution is 5.18. The second-order valence-electron chi connectivity index (χ2n) is 3.39. The van der Waals surface area contributed by atoms with Gasteiger partial charge in [0.05, 0.1) is 7.18 Å². The topological polar surface area (TPSA) is 0 Å². The molecule has 0 aliphatic heterocycles. The van der Waals surface area contributed by atoms with Crippen LogP contribution in [-0.4, -0.2) is 7.18 Å². The Bertz CT molecular complexity index is 168. The summed E-state index contributed by atoms with van der Waals surface area (Å²) in [6, 6.07) is 0. The second kappa shape index (κ2) is 24.5. The van der Waals surface area contributed by atoms with Crippen molar-refractivity contribution in [2.45, 2.75) is 61.8 Å². The number of alkyl halides is 1. The predicted molar refractivity (Wildman–Crippen MR) is 77.8 cm³/mol. The van der Waals surface area contributed by atoms with Gasteiger partial charge >= 0.3 is 0 Å². The van der Waals surface area contributed by atoms with Crippen molar-refractivity contribution in [1.82, 2.24) is 0 Å². The summed E-state index contributed by atoms with van der Waals surface area (Å²) < 4.78 is 22.3. The maximum atomic E-state index is 12.8. The van der Waals surface area contributed by atoms with E-state index in [4.69, 9.17) is 0 Å². The van der Waals surface area contributed by atoms with Crippen LogP contribution in [0.3, 0.4) is 0 Å². The van der Waals surface area contributed by atoms with E-state index in [2.05, 4.69) is 13.8 Å². The van der Waals surface area contributed by atoms with Crippen LogP contribution in [0.2, 0.25) is 0 Å². The zero-order valence-electron chi connectivity index (χ0n) is 13.2. The van der Waals surface area contributed by atoms with Crippen LogP contribution in [0, 0.1) is 5.92 Å². The highest BCUT2D eigenvalue weighted by Crippen LogP contribution is 2.15. The van der Waals surface area contributed by atoms with E-state index in [0.29, 0.717) is 13.1 Å². The lowest BCUT2D eigenvalue weighted by molar-refractivity contribution is 0.619. The molecule has 0 bridgehead atoms. The van der Waals surface area contributed by atoms with E-state index < -0.39 is 0 Å². The van der Waals surface area contributed by atoms with Gasteiger partial charge in [0, 0.05) is 0 Å². The Morgan fingerprint density at radius 3 is 1.59 bits per heavy atom. The third kappa shape index (κ3) is 25.5. The van der Waals surface area contributed by atoms with Crippen molar-refractivity contribution >= 4 is 0 Å². The first-order valence-corrected chi connectivity index (χ1v) is 6.37. The summed E-state index contributed by atoms with van der Waals surface area (Å²) in [5.41, 5.74) is 0.818. The molecular formula is C15H32F2. The zero-order valence-corrected chi connectivity index (χ0v) is 13.2. The van der Waals surface area contributed by atoms with E-state index in [0.717, 1.165) is 5.57 Å². The van der Waals surface area contributed by atoms with Crippen LogP contribution in [-0.2, 0) is 0 Å². The predicted octanol–water partition coefficient (Wildman–Crippen LogP) is 6.49. The Balaban J connectivity index is -0.000000102.